The van der Waals surface area contributed by atoms with Crippen LogP contribution in [0.4, 0.5) is 4.79 Å². The van der Waals surface area contributed by atoms with E-state index in [-0.39, 0.29) is 22.5 Å². The summed E-state index contributed by atoms with van der Waals surface area (Å²) in [6.07, 6.45) is -0.999. The maximum absolute atomic E-state index is 11.2. The molecular formula is C10H4O6. The lowest BCUT2D eigenvalue weighted by Crippen LogP contribution is -2.19. The van der Waals surface area contributed by atoms with Gasteiger partial charge in [0.05, 0.1) is 0 Å². The molecule has 80 valence electrons. The van der Waals surface area contributed by atoms with Crippen LogP contribution in [0.2, 0.25) is 0 Å². The van der Waals surface area contributed by atoms with Crippen LogP contribution in [0.1, 0.15) is 0 Å². The van der Waals surface area contributed by atoms with Crippen LogP contribution in [0.3, 0.4) is 0 Å². The van der Waals surface area contributed by atoms with Gasteiger partial charge in [-0.05, 0) is 12.1 Å². The van der Waals surface area contributed by atoms with Crippen molar-refractivity contribution >= 4 is 17.1 Å². The molecule has 1 aromatic heterocycles. The molecule has 0 aliphatic carbocycles. The van der Waals surface area contributed by atoms with E-state index in [0.29, 0.717) is 0 Å². The lowest BCUT2D eigenvalue weighted by atomic mass is 10.2. The number of hydrogen-bond acceptors (Lipinski definition) is 6. The Labute approximate surface area is 87.6 Å². The third kappa shape index (κ3) is 1.01. The highest BCUT2D eigenvalue weighted by Crippen LogP contribution is 2.40. The highest BCUT2D eigenvalue weighted by molar-refractivity contribution is 5.96. The first-order valence-electron chi connectivity index (χ1n) is 4.35. The van der Waals surface area contributed by atoms with E-state index in [1.54, 1.807) is 6.07 Å². The minimum Gasteiger partial charge on any atom is -0.499 e. The van der Waals surface area contributed by atoms with Crippen LogP contribution in [0.15, 0.2) is 27.4 Å². The summed E-state index contributed by atoms with van der Waals surface area (Å²) in [7, 11) is 0. The second-order valence-electron chi connectivity index (χ2n) is 3.15. The van der Waals surface area contributed by atoms with Gasteiger partial charge >= 0.3 is 11.8 Å². The molecule has 6 heteroatoms. The van der Waals surface area contributed by atoms with Crippen molar-refractivity contribution in [2.24, 2.45) is 0 Å². The zero-order valence-corrected chi connectivity index (χ0v) is 7.72. The van der Waals surface area contributed by atoms with Crippen LogP contribution in [0.25, 0.3) is 11.0 Å². The van der Waals surface area contributed by atoms with Crippen molar-refractivity contribution in [1.29, 1.82) is 0 Å². The van der Waals surface area contributed by atoms with Gasteiger partial charge in [0.15, 0.2) is 5.75 Å². The molecule has 6 nitrogen and oxygen atoms in total. The Morgan fingerprint density at radius 3 is 2.75 bits per heavy atom. The van der Waals surface area contributed by atoms with Crippen molar-refractivity contribution < 1.29 is 23.8 Å². The third-order valence-corrected chi connectivity index (χ3v) is 2.20. The third-order valence-electron chi connectivity index (χ3n) is 2.20. The molecule has 16 heavy (non-hydrogen) atoms. The molecule has 0 unspecified atom stereocenters. The van der Waals surface area contributed by atoms with E-state index in [4.69, 9.17) is 9.15 Å². The fourth-order valence-electron chi connectivity index (χ4n) is 1.56. The second-order valence-corrected chi connectivity index (χ2v) is 3.15. The molecule has 2 aromatic rings. The molecule has 0 amide bonds. The molecule has 1 aromatic carbocycles. The lowest BCUT2D eigenvalue weighted by molar-refractivity contribution is 0.146. The number of benzene rings is 1. The van der Waals surface area contributed by atoms with Gasteiger partial charge in [-0.1, -0.05) is 6.07 Å². The molecule has 0 fully saturated rings. The number of carbonyl (C=O) groups excluding carboxylic acids is 1. The summed E-state index contributed by atoms with van der Waals surface area (Å²) in [5.74, 6) is -0.780. The van der Waals surface area contributed by atoms with Gasteiger partial charge in [-0.15, -0.1) is 0 Å². The highest BCUT2D eigenvalue weighted by Gasteiger charge is 2.27. The van der Waals surface area contributed by atoms with Crippen LogP contribution in [-0.2, 0) is 0 Å². The molecule has 0 bridgehead atoms. The molecule has 0 spiro atoms. The average Bonchev–Trinajstić information content (AvgIpc) is 2.25. The molecule has 0 saturated carbocycles. The predicted molar refractivity (Wildman–Crippen MR) is 50.8 cm³/mol. The van der Waals surface area contributed by atoms with Crippen molar-refractivity contribution in [3.05, 3.63) is 28.6 Å². The maximum atomic E-state index is 11.2. The molecule has 1 aliphatic rings. The Bertz CT molecular complexity index is 669. The number of aromatic hydroxyl groups is 1. The van der Waals surface area contributed by atoms with E-state index in [1.165, 1.54) is 12.1 Å². The van der Waals surface area contributed by atoms with Gasteiger partial charge in [0.2, 0.25) is 5.75 Å². The molecule has 2 heterocycles. The van der Waals surface area contributed by atoms with Crippen LogP contribution < -0.4 is 15.1 Å². The Hall–Kier alpha value is -2.50. The van der Waals surface area contributed by atoms with Crippen LogP contribution in [-0.4, -0.2) is 11.3 Å². The van der Waals surface area contributed by atoms with Gasteiger partial charge in [0.1, 0.15) is 16.7 Å². The zero-order valence-electron chi connectivity index (χ0n) is 7.72. The molecule has 0 atom stereocenters. The van der Waals surface area contributed by atoms with E-state index in [2.05, 4.69) is 4.74 Å². The average molecular weight is 220 g/mol. The van der Waals surface area contributed by atoms with E-state index < -0.39 is 17.5 Å². The largest absolute Gasteiger partial charge is 0.519 e. The van der Waals surface area contributed by atoms with Crippen molar-refractivity contribution in [3.8, 4) is 17.2 Å². The normalized spacial score (nSPS) is 13.4. The fraction of sp³-hybridized carbons (Fsp3) is 0. The van der Waals surface area contributed by atoms with Gasteiger partial charge in [-0.3, -0.25) is 0 Å². The monoisotopic (exact) mass is 220 g/mol. The van der Waals surface area contributed by atoms with E-state index in [9.17, 15) is 14.7 Å². The Kier molecular flexibility index (Phi) is 1.51. The minimum absolute atomic E-state index is 0.183. The van der Waals surface area contributed by atoms with Gasteiger partial charge in [0, 0.05) is 0 Å². The van der Waals surface area contributed by atoms with E-state index in [0.717, 1.165) is 0 Å². The fourth-order valence-corrected chi connectivity index (χ4v) is 1.56. The molecule has 0 radical (unpaired) electrons. The van der Waals surface area contributed by atoms with Gasteiger partial charge in [-0.2, -0.15) is 0 Å². The first kappa shape index (κ1) is 8.78. The number of hydrogen-bond donors (Lipinski definition) is 1. The van der Waals surface area contributed by atoms with E-state index >= 15 is 0 Å². The topological polar surface area (TPSA) is 86.0 Å². The van der Waals surface area contributed by atoms with Crippen LogP contribution in [0, 0.1) is 0 Å². The van der Waals surface area contributed by atoms with Crippen molar-refractivity contribution in [2.75, 3.05) is 0 Å². The quantitative estimate of drug-likeness (QED) is 0.410. The van der Waals surface area contributed by atoms with Gasteiger partial charge in [0.25, 0.3) is 0 Å². The SMILES string of the molecule is O=C1Oc2cccc3oc(=O)c(O)c(c23)O1. The zero-order chi connectivity index (χ0) is 11.3. The Balaban J connectivity index is 2.55. The number of rotatable bonds is 0. The molecule has 1 N–H and O–H groups in total. The van der Waals surface area contributed by atoms with Gasteiger partial charge in [-0.25, -0.2) is 9.59 Å². The summed E-state index contributed by atoms with van der Waals surface area (Å²) in [6.45, 7) is 0. The Morgan fingerprint density at radius 1 is 1.12 bits per heavy atom. The summed E-state index contributed by atoms with van der Waals surface area (Å²) in [4.78, 5) is 22.2. The summed E-state index contributed by atoms with van der Waals surface area (Å²) in [6, 6.07) is 4.57. The lowest BCUT2D eigenvalue weighted by Gasteiger charge is -2.15. The summed E-state index contributed by atoms with van der Waals surface area (Å²) < 4.78 is 14.2. The molecule has 3 rings (SSSR count). The molecule has 1 aliphatic heterocycles. The summed E-state index contributed by atoms with van der Waals surface area (Å²) in [5.41, 5.74) is -0.780. The van der Waals surface area contributed by atoms with Crippen LogP contribution >= 0.6 is 0 Å². The minimum atomic E-state index is -0.999. The molecular weight excluding hydrogens is 216 g/mol. The summed E-state index contributed by atoms with van der Waals surface area (Å²) in [5, 5.41) is 9.70. The van der Waals surface area contributed by atoms with Gasteiger partial charge < -0.3 is 19.0 Å². The first-order chi connectivity index (χ1) is 7.66. The molecule has 0 saturated heterocycles. The Morgan fingerprint density at radius 2 is 1.94 bits per heavy atom. The smallest absolute Gasteiger partial charge is 0.499 e. The highest BCUT2D eigenvalue weighted by atomic mass is 16.7. The number of carbonyl (C=O) groups is 1. The van der Waals surface area contributed by atoms with Crippen LogP contribution in [0.5, 0.6) is 17.2 Å². The van der Waals surface area contributed by atoms with Crippen molar-refractivity contribution in [3.63, 3.8) is 0 Å². The predicted octanol–water partition coefficient (Wildman–Crippen LogP) is 1.39. The first-order valence-corrected chi connectivity index (χ1v) is 4.35. The van der Waals surface area contributed by atoms with E-state index in [1.807, 2.05) is 0 Å². The second kappa shape index (κ2) is 2.75. The number of ether oxygens (including phenoxy) is 2. The maximum Gasteiger partial charge on any atom is 0.519 e. The summed E-state index contributed by atoms with van der Waals surface area (Å²) >= 11 is 0. The standard InChI is InChI=1S/C10H4O6/c11-7-8-6-4(14-9(7)12)2-1-3-5(6)15-10(13)16-8/h1-3,11H. The van der Waals surface area contributed by atoms with Crippen molar-refractivity contribution in [1.82, 2.24) is 0 Å². The van der Waals surface area contributed by atoms with Crippen molar-refractivity contribution in [2.45, 2.75) is 0 Å².